The zero-order valence-corrected chi connectivity index (χ0v) is 13.5. The molecular formula is C16H25NO2S. The summed E-state index contributed by atoms with van der Waals surface area (Å²) in [6.45, 7) is 2.16. The van der Waals surface area contributed by atoms with Crippen LogP contribution in [-0.4, -0.2) is 28.3 Å². The summed E-state index contributed by atoms with van der Waals surface area (Å²) in [6.07, 6.45) is 5.16. The summed E-state index contributed by atoms with van der Waals surface area (Å²) in [6, 6.07) is 5.74. The van der Waals surface area contributed by atoms with Crippen LogP contribution in [0.4, 0.5) is 5.69 Å². The van der Waals surface area contributed by atoms with Gasteiger partial charge in [0.1, 0.15) is 0 Å². The topological polar surface area (TPSA) is 37.4 Å². The second-order valence-corrected chi connectivity index (χ2v) is 8.02. The van der Waals surface area contributed by atoms with Crippen LogP contribution < -0.4 is 4.90 Å². The molecule has 0 saturated carbocycles. The molecule has 0 aromatic heterocycles. The van der Waals surface area contributed by atoms with Gasteiger partial charge in [0.15, 0.2) is 9.84 Å². The van der Waals surface area contributed by atoms with Gasteiger partial charge in [0.05, 0.1) is 10.6 Å². The molecule has 4 heteroatoms. The van der Waals surface area contributed by atoms with Crippen LogP contribution >= 0.6 is 0 Å². The fourth-order valence-electron chi connectivity index (χ4n) is 2.91. The molecule has 0 aliphatic carbocycles. The quantitative estimate of drug-likeness (QED) is 0.855. The Kier molecular flexibility index (Phi) is 4.74. The molecular weight excluding hydrogens is 270 g/mol. The lowest BCUT2D eigenvalue weighted by molar-refractivity contribution is 0.472. The SMILES string of the molecule is CCCC[C@H]1CCc2cc(N(C)C)ccc2S(=O)(=O)C1. The van der Waals surface area contributed by atoms with E-state index in [1.54, 1.807) is 6.07 Å². The summed E-state index contributed by atoms with van der Waals surface area (Å²) in [5, 5.41) is 0. The maximum atomic E-state index is 12.5. The molecule has 1 aliphatic heterocycles. The van der Waals surface area contributed by atoms with Crippen molar-refractivity contribution in [2.45, 2.75) is 43.9 Å². The Morgan fingerprint density at radius 1 is 1.30 bits per heavy atom. The smallest absolute Gasteiger partial charge is 0.178 e. The second-order valence-electron chi connectivity index (χ2n) is 6.01. The highest BCUT2D eigenvalue weighted by atomic mass is 32.2. The number of unbranched alkanes of at least 4 members (excludes halogenated alkanes) is 1. The number of sulfone groups is 1. The first-order chi connectivity index (χ1) is 9.44. The number of hydrogen-bond donors (Lipinski definition) is 0. The van der Waals surface area contributed by atoms with Crippen molar-refractivity contribution in [2.75, 3.05) is 24.7 Å². The van der Waals surface area contributed by atoms with Gasteiger partial charge in [-0.25, -0.2) is 8.42 Å². The van der Waals surface area contributed by atoms with E-state index in [1.807, 2.05) is 31.1 Å². The Labute approximate surface area is 122 Å². The maximum Gasteiger partial charge on any atom is 0.178 e. The third-order valence-corrected chi connectivity index (χ3v) is 6.12. The summed E-state index contributed by atoms with van der Waals surface area (Å²) in [4.78, 5) is 2.58. The average Bonchev–Trinajstić information content (AvgIpc) is 2.52. The van der Waals surface area contributed by atoms with Crippen LogP contribution in [0.15, 0.2) is 23.1 Å². The van der Waals surface area contributed by atoms with E-state index in [-0.39, 0.29) is 0 Å². The first kappa shape index (κ1) is 15.4. The summed E-state index contributed by atoms with van der Waals surface area (Å²) >= 11 is 0. The molecule has 3 nitrogen and oxygen atoms in total. The molecule has 0 radical (unpaired) electrons. The number of hydrogen-bond acceptors (Lipinski definition) is 3. The van der Waals surface area contributed by atoms with E-state index in [0.29, 0.717) is 16.6 Å². The lowest BCUT2D eigenvalue weighted by Gasteiger charge is -2.15. The Bertz CT molecular complexity index is 564. The molecule has 1 aromatic carbocycles. The van der Waals surface area contributed by atoms with Gasteiger partial charge in [-0.3, -0.25) is 0 Å². The lowest BCUT2D eigenvalue weighted by atomic mass is 9.96. The van der Waals surface area contributed by atoms with E-state index in [9.17, 15) is 8.42 Å². The van der Waals surface area contributed by atoms with Crippen LogP contribution in [0.5, 0.6) is 0 Å². The largest absolute Gasteiger partial charge is 0.378 e. The molecule has 2 rings (SSSR count). The first-order valence-electron chi connectivity index (χ1n) is 7.47. The molecule has 0 saturated heterocycles. The monoisotopic (exact) mass is 295 g/mol. The van der Waals surface area contributed by atoms with Crippen molar-refractivity contribution >= 4 is 15.5 Å². The van der Waals surface area contributed by atoms with Crippen molar-refractivity contribution in [3.05, 3.63) is 23.8 Å². The number of fused-ring (bicyclic) bond motifs is 1. The van der Waals surface area contributed by atoms with Gasteiger partial charge in [0.25, 0.3) is 0 Å². The van der Waals surface area contributed by atoms with E-state index in [0.717, 1.165) is 43.4 Å². The summed E-state index contributed by atoms with van der Waals surface area (Å²) in [5.41, 5.74) is 2.07. The van der Waals surface area contributed by atoms with Gasteiger partial charge < -0.3 is 4.90 Å². The van der Waals surface area contributed by atoms with Crippen molar-refractivity contribution in [1.82, 2.24) is 0 Å². The van der Waals surface area contributed by atoms with Crippen molar-refractivity contribution in [3.8, 4) is 0 Å². The highest BCUT2D eigenvalue weighted by Crippen LogP contribution is 2.31. The predicted octanol–water partition coefficient (Wildman–Crippen LogP) is 3.28. The number of anilines is 1. The molecule has 0 unspecified atom stereocenters. The molecule has 0 amide bonds. The predicted molar refractivity (Wildman–Crippen MR) is 84.2 cm³/mol. The minimum absolute atomic E-state index is 0.315. The highest BCUT2D eigenvalue weighted by molar-refractivity contribution is 7.91. The van der Waals surface area contributed by atoms with Crippen molar-refractivity contribution < 1.29 is 8.42 Å². The van der Waals surface area contributed by atoms with Gasteiger partial charge in [0.2, 0.25) is 0 Å². The maximum absolute atomic E-state index is 12.5. The zero-order valence-electron chi connectivity index (χ0n) is 12.7. The average molecular weight is 295 g/mol. The van der Waals surface area contributed by atoms with Gasteiger partial charge >= 0.3 is 0 Å². The standard InChI is InChI=1S/C16H25NO2S/c1-4-5-6-13-7-8-14-11-15(17(2)3)9-10-16(14)20(18,19)12-13/h9-11,13H,4-8,12H2,1-3H3/t13-/m0/s1. The van der Waals surface area contributed by atoms with Gasteiger partial charge in [-0.15, -0.1) is 0 Å². The Hall–Kier alpha value is -1.03. The molecule has 112 valence electrons. The van der Waals surface area contributed by atoms with Crippen LogP contribution in [0.1, 0.15) is 38.2 Å². The minimum atomic E-state index is -3.12. The summed E-state index contributed by atoms with van der Waals surface area (Å²) in [7, 11) is 0.847. The van der Waals surface area contributed by atoms with Crippen LogP contribution in [0.3, 0.4) is 0 Å². The zero-order chi connectivity index (χ0) is 14.8. The van der Waals surface area contributed by atoms with Gasteiger partial charge in [0, 0.05) is 19.8 Å². The van der Waals surface area contributed by atoms with Crippen LogP contribution in [0, 0.1) is 5.92 Å². The minimum Gasteiger partial charge on any atom is -0.378 e. The Balaban J connectivity index is 2.31. The number of rotatable bonds is 4. The molecule has 1 heterocycles. The van der Waals surface area contributed by atoms with Gasteiger partial charge in [-0.2, -0.15) is 0 Å². The lowest BCUT2D eigenvalue weighted by Crippen LogP contribution is -2.15. The molecule has 0 fully saturated rings. The van der Waals surface area contributed by atoms with Gasteiger partial charge in [-0.05, 0) is 48.9 Å². The fourth-order valence-corrected chi connectivity index (χ4v) is 4.88. The van der Waals surface area contributed by atoms with E-state index < -0.39 is 9.84 Å². The molecule has 1 atom stereocenters. The number of benzene rings is 1. The van der Waals surface area contributed by atoms with Crippen molar-refractivity contribution in [2.24, 2.45) is 5.92 Å². The van der Waals surface area contributed by atoms with Crippen molar-refractivity contribution in [3.63, 3.8) is 0 Å². The van der Waals surface area contributed by atoms with E-state index >= 15 is 0 Å². The normalized spacial score (nSPS) is 21.1. The molecule has 1 aromatic rings. The third-order valence-electron chi connectivity index (χ3n) is 4.14. The second kappa shape index (κ2) is 6.17. The Morgan fingerprint density at radius 3 is 2.70 bits per heavy atom. The first-order valence-corrected chi connectivity index (χ1v) is 9.12. The van der Waals surface area contributed by atoms with Crippen molar-refractivity contribution in [1.29, 1.82) is 0 Å². The Morgan fingerprint density at radius 2 is 2.05 bits per heavy atom. The van der Waals surface area contributed by atoms with Crippen LogP contribution in [-0.2, 0) is 16.3 Å². The molecule has 0 spiro atoms. The van der Waals surface area contributed by atoms with E-state index in [2.05, 4.69) is 6.92 Å². The highest BCUT2D eigenvalue weighted by Gasteiger charge is 2.27. The van der Waals surface area contributed by atoms with E-state index in [1.165, 1.54) is 0 Å². The molecule has 0 bridgehead atoms. The van der Waals surface area contributed by atoms with Crippen LogP contribution in [0.25, 0.3) is 0 Å². The van der Waals surface area contributed by atoms with E-state index in [4.69, 9.17) is 0 Å². The summed E-state index contributed by atoms with van der Waals surface area (Å²) < 4.78 is 25.1. The number of nitrogens with zero attached hydrogens (tertiary/aromatic N) is 1. The third kappa shape index (κ3) is 3.35. The summed E-state index contributed by atoms with van der Waals surface area (Å²) in [5.74, 6) is 0.636. The van der Waals surface area contributed by atoms with Gasteiger partial charge in [-0.1, -0.05) is 19.8 Å². The van der Waals surface area contributed by atoms with Crippen LogP contribution in [0.2, 0.25) is 0 Å². The molecule has 1 aliphatic rings. The number of aryl methyl sites for hydroxylation is 1. The fraction of sp³-hybridized carbons (Fsp3) is 0.625. The molecule has 20 heavy (non-hydrogen) atoms. The molecule has 0 N–H and O–H groups in total.